The van der Waals surface area contributed by atoms with E-state index in [1.807, 2.05) is 13.8 Å². The number of ether oxygens (including phenoxy) is 3. The molecule has 1 heterocycles. The van der Waals surface area contributed by atoms with Crippen LogP contribution in [0.1, 0.15) is 20.8 Å². The summed E-state index contributed by atoms with van der Waals surface area (Å²) in [4.78, 5) is 24.0. The highest BCUT2D eigenvalue weighted by Gasteiger charge is 2.25. The third-order valence-electron chi connectivity index (χ3n) is 2.83. The van der Waals surface area contributed by atoms with Gasteiger partial charge in [-0.15, -0.1) is 0 Å². The largest absolute Gasteiger partial charge is 0.467 e. The molecule has 6 nitrogen and oxygen atoms in total. The maximum Gasteiger partial charge on any atom is 0.328 e. The van der Waals surface area contributed by atoms with Crippen LogP contribution in [0.2, 0.25) is 0 Å². The highest BCUT2D eigenvalue weighted by atomic mass is 16.7. The second-order valence-electron chi connectivity index (χ2n) is 4.85. The van der Waals surface area contributed by atoms with Crippen molar-refractivity contribution in [3.63, 3.8) is 0 Å². The van der Waals surface area contributed by atoms with Crippen molar-refractivity contribution in [2.24, 2.45) is 5.92 Å². The van der Waals surface area contributed by atoms with E-state index in [2.05, 4.69) is 5.32 Å². The summed E-state index contributed by atoms with van der Waals surface area (Å²) in [5.41, 5.74) is 0.365. The Labute approximate surface area is 124 Å². The standard InChI is InChI=1S/C15H21NO5/c1-10(2)13(15(18)19-4)16-14(17)12-6-5-7-20-9-21-11(3)8-12/h5-8,10,13H,9H2,1-4H3,(H,16,17)/b7-5+,11-8?,12-6?. The summed E-state index contributed by atoms with van der Waals surface area (Å²) >= 11 is 0. The molecule has 0 aliphatic carbocycles. The summed E-state index contributed by atoms with van der Waals surface area (Å²) in [5, 5.41) is 2.67. The fraction of sp³-hybridized carbons (Fsp3) is 0.467. The van der Waals surface area contributed by atoms with Crippen molar-refractivity contribution in [3.8, 4) is 0 Å². The number of carbonyl (C=O) groups excluding carboxylic acids is 2. The zero-order valence-electron chi connectivity index (χ0n) is 12.7. The molecule has 0 aromatic rings. The van der Waals surface area contributed by atoms with E-state index < -0.39 is 12.0 Å². The summed E-state index contributed by atoms with van der Waals surface area (Å²) in [6.07, 6.45) is 6.20. The Hall–Kier alpha value is -2.24. The van der Waals surface area contributed by atoms with E-state index >= 15 is 0 Å². The van der Waals surface area contributed by atoms with Crippen LogP contribution in [-0.4, -0.2) is 31.8 Å². The number of rotatable bonds is 4. The third kappa shape index (κ3) is 5.33. The molecule has 0 aromatic carbocycles. The zero-order chi connectivity index (χ0) is 15.8. The smallest absolute Gasteiger partial charge is 0.328 e. The number of esters is 1. The van der Waals surface area contributed by atoms with Gasteiger partial charge in [0.1, 0.15) is 6.04 Å². The molecule has 116 valence electrons. The SMILES string of the molecule is COC(=O)C(NC(=O)C1=C/C=C/OCOC(C)=C1)C(C)C. The lowest BCUT2D eigenvalue weighted by Crippen LogP contribution is -2.45. The lowest BCUT2D eigenvalue weighted by Gasteiger charge is -2.20. The summed E-state index contributed by atoms with van der Waals surface area (Å²) in [6.45, 7) is 5.46. The Balaban J connectivity index is 2.91. The van der Waals surface area contributed by atoms with Gasteiger partial charge in [-0.25, -0.2) is 4.79 Å². The first-order valence-corrected chi connectivity index (χ1v) is 6.64. The molecule has 1 N–H and O–H groups in total. The van der Waals surface area contributed by atoms with Gasteiger partial charge in [0, 0.05) is 5.57 Å². The van der Waals surface area contributed by atoms with Crippen molar-refractivity contribution in [2.45, 2.75) is 26.8 Å². The molecule has 6 heteroatoms. The van der Waals surface area contributed by atoms with E-state index in [9.17, 15) is 9.59 Å². The van der Waals surface area contributed by atoms with Gasteiger partial charge in [-0.1, -0.05) is 13.8 Å². The minimum atomic E-state index is -0.703. The van der Waals surface area contributed by atoms with E-state index in [-0.39, 0.29) is 18.6 Å². The molecule has 1 unspecified atom stereocenters. The van der Waals surface area contributed by atoms with Gasteiger partial charge in [-0.3, -0.25) is 4.79 Å². The number of amides is 1. The lowest BCUT2D eigenvalue weighted by atomic mass is 10.0. The Morgan fingerprint density at radius 3 is 2.71 bits per heavy atom. The van der Waals surface area contributed by atoms with Crippen LogP contribution in [0.3, 0.4) is 0 Å². The highest BCUT2D eigenvalue weighted by Crippen LogP contribution is 2.10. The fourth-order valence-corrected chi connectivity index (χ4v) is 1.66. The van der Waals surface area contributed by atoms with Crippen molar-refractivity contribution in [3.05, 3.63) is 35.8 Å². The predicted molar refractivity (Wildman–Crippen MR) is 76.8 cm³/mol. The van der Waals surface area contributed by atoms with Crippen molar-refractivity contribution < 1.29 is 23.8 Å². The van der Waals surface area contributed by atoms with Gasteiger partial charge in [0.05, 0.1) is 19.1 Å². The second kappa shape index (κ2) is 8.14. The maximum atomic E-state index is 12.3. The minimum absolute atomic E-state index is 0.0817. The van der Waals surface area contributed by atoms with Crippen LogP contribution in [0.4, 0.5) is 0 Å². The van der Waals surface area contributed by atoms with Crippen LogP contribution in [0, 0.1) is 5.92 Å². The molecule has 1 amide bonds. The lowest BCUT2D eigenvalue weighted by molar-refractivity contribution is -0.145. The summed E-state index contributed by atoms with van der Waals surface area (Å²) in [5.74, 6) is -0.399. The number of hydrogen-bond donors (Lipinski definition) is 1. The van der Waals surface area contributed by atoms with Gasteiger partial charge in [0.2, 0.25) is 6.79 Å². The van der Waals surface area contributed by atoms with Crippen molar-refractivity contribution in [1.29, 1.82) is 0 Å². The first kappa shape index (κ1) is 16.8. The molecule has 0 radical (unpaired) electrons. The molecule has 0 saturated heterocycles. The van der Waals surface area contributed by atoms with E-state index in [0.29, 0.717) is 11.3 Å². The van der Waals surface area contributed by atoms with Crippen molar-refractivity contribution >= 4 is 11.9 Å². The van der Waals surface area contributed by atoms with E-state index in [1.165, 1.54) is 13.4 Å². The van der Waals surface area contributed by atoms with Gasteiger partial charge in [0.25, 0.3) is 5.91 Å². The normalized spacial score (nSPS) is 17.8. The first-order chi connectivity index (χ1) is 9.95. The predicted octanol–water partition coefficient (Wildman–Crippen LogP) is 1.65. The van der Waals surface area contributed by atoms with Crippen LogP contribution >= 0.6 is 0 Å². The van der Waals surface area contributed by atoms with Crippen LogP contribution in [-0.2, 0) is 23.8 Å². The Morgan fingerprint density at radius 1 is 1.38 bits per heavy atom. The quantitative estimate of drug-likeness (QED) is 0.798. The number of methoxy groups -OCH3 is 1. The Kier molecular flexibility index (Phi) is 6.52. The Bertz CT molecular complexity index is 476. The van der Waals surface area contributed by atoms with Gasteiger partial charge < -0.3 is 19.5 Å². The topological polar surface area (TPSA) is 73.9 Å². The van der Waals surface area contributed by atoms with Gasteiger partial charge in [-0.05, 0) is 31.1 Å². The van der Waals surface area contributed by atoms with Gasteiger partial charge in [-0.2, -0.15) is 0 Å². The van der Waals surface area contributed by atoms with E-state index in [4.69, 9.17) is 14.2 Å². The van der Waals surface area contributed by atoms with Gasteiger partial charge in [0.15, 0.2) is 0 Å². The van der Waals surface area contributed by atoms with Crippen LogP contribution in [0.15, 0.2) is 35.8 Å². The molecule has 1 aliphatic rings. The molecular weight excluding hydrogens is 274 g/mol. The Morgan fingerprint density at radius 2 is 2.10 bits per heavy atom. The average Bonchev–Trinajstić information content (AvgIpc) is 2.55. The molecular formula is C15H21NO5. The van der Waals surface area contributed by atoms with Crippen molar-refractivity contribution in [2.75, 3.05) is 13.9 Å². The van der Waals surface area contributed by atoms with Gasteiger partial charge >= 0.3 is 5.97 Å². The number of carbonyl (C=O) groups is 2. The molecule has 0 bridgehead atoms. The highest BCUT2D eigenvalue weighted by molar-refractivity contribution is 5.98. The molecule has 1 atom stereocenters. The maximum absolute atomic E-state index is 12.3. The number of nitrogens with one attached hydrogen (secondary N) is 1. The number of hydrogen-bond acceptors (Lipinski definition) is 5. The van der Waals surface area contributed by atoms with E-state index in [1.54, 1.807) is 25.2 Å². The molecule has 0 saturated carbocycles. The average molecular weight is 295 g/mol. The summed E-state index contributed by atoms with van der Waals surface area (Å²) in [7, 11) is 1.29. The monoisotopic (exact) mass is 295 g/mol. The van der Waals surface area contributed by atoms with Crippen LogP contribution < -0.4 is 5.32 Å². The summed E-state index contributed by atoms with van der Waals surface area (Å²) < 4.78 is 15.0. The van der Waals surface area contributed by atoms with Crippen LogP contribution in [0.25, 0.3) is 0 Å². The van der Waals surface area contributed by atoms with Crippen molar-refractivity contribution in [1.82, 2.24) is 5.32 Å². The molecule has 0 spiro atoms. The van der Waals surface area contributed by atoms with E-state index in [0.717, 1.165) is 0 Å². The molecule has 0 fully saturated rings. The molecule has 0 aromatic heterocycles. The fourth-order valence-electron chi connectivity index (χ4n) is 1.66. The molecule has 21 heavy (non-hydrogen) atoms. The molecule has 1 aliphatic heterocycles. The molecule has 1 rings (SSSR count). The summed E-state index contributed by atoms with van der Waals surface area (Å²) in [6, 6.07) is -0.703. The van der Waals surface area contributed by atoms with Crippen LogP contribution in [0.5, 0.6) is 0 Å². The first-order valence-electron chi connectivity index (χ1n) is 6.64. The second-order valence-corrected chi connectivity index (χ2v) is 4.85. The minimum Gasteiger partial charge on any atom is -0.467 e. The zero-order valence-corrected chi connectivity index (χ0v) is 12.7. The third-order valence-corrected chi connectivity index (χ3v) is 2.83. The number of allylic oxidation sites excluding steroid dienone is 3.